The molecule has 2 aromatic heterocycles. The highest BCUT2D eigenvalue weighted by molar-refractivity contribution is 5.92. The van der Waals surface area contributed by atoms with Gasteiger partial charge in [0.15, 0.2) is 0 Å². The Morgan fingerprint density at radius 2 is 2.12 bits per heavy atom. The molecule has 0 fully saturated rings. The number of rotatable bonds is 1. The lowest BCUT2D eigenvalue weighted by Crippen LogP contribution is -2.07. The van der Waals surface area contributed by atoms with Gasteiger partial charge >= 0.3 is 0 Å². The van der Waals surface area contributed by atoms with E-state index >= 15 is 0 Å². The number of pyridine rings is 1. The van der Waals surface area contributed by atoms with Gasteiger partial charge in [0.25, 0.3) is 5.96 Å². The van der Waals surface area contributed by atoms with Crippen LogP contribution in [0, 0.1) is 0 Å². The second-order valence-electron chi connectivity index (χ2n) is 3.18. The molecule has 0 N–H and O–H groups in total. The number of aromatic nitrogens is 3. The van der Waals surface area contributed by atoms with Crippen LogP contribution >= 0.6 is 0 Å². The first-order valence-corrected chi connectivity index (χ1v) is 4.69. The Labute approximate surface area is 91.4 Å². The van der Waals surface area contributed by atoms with Gasteiger partial charge in [-0.05, 0) is 6.07 Å². The van der Waals surface area contributed by atoms with Crippen LogP contribution in [-0.4, -0.2) is 27.1 Å². The van der Waals surface area contributed by atoms with Crippen molar-refractivity contribution < 1.29 is 0 Å². The summed E-state index contributed by atoms with van der Waals surface area (Å²) >= 11 is 0. The lowest BCUT2D eigenvalue weighted by molar-refractivity contribution is 0.905. The largest absolute Gasteiger partial charge is 0.271 e. The molecule has 1 aliphatic heterocycles. The van der Waals surface area contributed by atoms with E-state index in [2.05, 4.69) is 25.6 Å². The van der Waals surface area contributed by atoms with E-state index in [1.165, 1.54) is 6.34 Å². The monoisotopic (exact) mass is 211 g/mol. The topological polar surface area (TPSA) is 69.5 Å². The first-order valence-electron chi connectivity index (χ1n) is 4.69. The SMILES string of the molecule is C1=NC(n2cc(-c3cccnc3)cn2)=N[N]1. The summed E-state index contributed by atoms with van der Waals surface area (Å²) in [5, 5.41) is 7.98. The fraction of sp³-hybridized carbons (Fsp3) is 0. The smallest absolute Gasteiger partial charge is 0.264 e. The fourth-order valence-electron chi connectivity index (χ4n) is 1.40. The molecular formula is C10H7N6. The first kappa shape index (κ1) is 8.78. The lowest BCUT2D eigenvalue weighted by Gasteiger charge is -1.94. The van der Waals surface area contributed by atoms with E-state index < -0.39 is 0 Å². The van der Waals surface area contributed by atoms with Gasteiger partial charge in [0.2, 0.25) is 0 Å². The summed E-state index contributed by atoms with van der Waals surface area (Å²) in [6.07, 6.45) is 8.49. The summed E-state index contributed by atoms with van der Waals surface area (Å²) in [5.41, 5.74) is 5.62. The van der Waals surface area contributed by atoms with E-state index in [1.807, 2.05) is 18.3 Å². The highest BCUT2D eigenvalue weighted by Crippen LogP contribution is 2.16. The van der Waals surface area contributed by atoms with Crippen molar-refractivity contribution in [1.82, 2.24) is 20.2 Å². The maximum atomic E-state index is 4.16. The summed E-state index contributed by atoms with van der Waals surface area (Å²) in [6.45, 7) is 0. The molecule has 0 amide bonds. The maximum absolute atomic E-state index is 4.16. The number of nitrogens with zero attached hydrogens (tertiary/aromatic N) is 6. The van der Waals surface area contributed by atoms with Crippen LogP contribution in [0.3, 0.4) is 0 Å². The van der Waals surface area contributed by atoms with E-state index in [0.717, 1.165) is 11.1 Å². The molecule has 0 saturated heterocycles. The zero-order chi connectivity index (χ0) is 10.8. The summed E-state index contributed by atoms with van der Waals surface area (Å²) in [5.74, 6) is 0.468. The normalized spacial score (nSPS) is 13.6. The molecule has 3 heterocycles. The Morgan fingerprint density at radius 1 is 1.12 bits per heavy atom. The summed E-state index contributed by atoms with van der Waals surface area (Å²) in [7, 11) is 0. The molecule has 0 aliphatic carbocycles. The average Bonchev–Trinajstić information content (AvgIpc) is 3.01. The Morgan fingerprint density at radius 3 is 2.88 bits per heavy atom. The van der Waals surface area contributed by atoms with Crippen molar-refractivity contribution in [3.05, 3.63) is 36.9 Å². The van der Waals surface area contributed by atoms with Crippen LogP contribution in [0.1, 0.15) is 0 Å². The third-order valence-corrected chi connectivity index (χ3v) is 2.15. The molecule has 0 aromatic carbocycles. The standard InChI is InChI=1S/C10H7N6/c1-2-8(4-11-3-1)9-5-14-16(6-9)10-12-7-13-15-10/h1-7H. The van der Waals surface area contributed by atoms with Crippen molar-refractivity contribution in [3.8, 4) is 11.1 Å². The predicted octanol–water partition coefficient (Wildman–Crippen LogP) is 0.710. The molecule has 1 aliphatic rings. The second-order valence-corrected chi connectivity index (χ2v) is 3.18. The molecular weight excluding hydrogens is 204 g/mol. The lowest BCUT2D eigenvalue weighted by atomic mass is 10.2. The Hall–Kier alpha value is -2.50. The summed E-state index contributed by atoms with van der Waals surface area (Å²) < 4.78 is 1.58. The minimum atomic E-state index is 0.468. The predicted molar refractivity (Wildman–Crippen MR) is 58.9 cm³/mol. The maximum Gasteiger partial charge on any atom is 0.271 e. The van der Waals surface area contributed by atoms with Crippen LogP contribution in [0.25, 0.3) is 11.1 Å². The van der Waals surface area contributed by atoms with E-state index in [0.29, 0.717) is 5.96 Å². The zero-order valence-electron chi connectivity index (χ0n) is 8.22. The van der Waals surface area contributed by atoms with Crippen LogP contribution in [0.4, 0.5) is 0 Å². The van der Waals surface area contributed by atoms with Crippen molar-refractivity contribution in [2.24, 2.45) is 10.1 Å². The van der Waals surface area contributed by atoms with E-state index in [9.17, 15) is 0 Å². The third-order valence-electron chi connectivity index (χ3n) is 2.15. The number of hydrogen-bond acceptors (Lipinski definition) is 4. The highest BCUT2D eigenvalue weighted by Gasteiger charge is 2.08. The molecule has 6 nitrogen and oxygen atoms in total. The molecule has 0 atom stereocenters. The molecule has 1 radical (unpaired) electrons. The molecule has 2 aromatic rings. The van der Waals surface area contributed by atoms with Crippen LogP contribution < -0.4 is 5.43 Å². The van der Waals surface area contributed by atoms with Gasteiger partial charge in [-0.1, -0.05) is 6.07 Å². The molecule has 0 spiro atoms. The Kier molecular flexibility index (Phi) is 1.96. The Bertz CT molecular complexity index is 554. The fourth-order valence-corrected chi connectivity index (χ4v) is 1.40. The van der Waals surface area contributed by atoms with E-state index in [1.54, 1.807) is 23.3 Å². The van der Waals surface area contributed by atoms with Gasteiger partial charge in [0, 0.05) is 29.7 Å². The van der Waals surface area contributed by atoms with Gasteiger partial charge in [-0.2, -0.15) is 10.1 Å². The number of hydrogen-bond donors (Lipinski definition) is 0. The van der Waals surface area contributed by atoms with Crippen molar-refractivity contribution in [1.29, 1.82) is 0 Å². The van der Waals surface area contributed by atoms with E-state index in [4.69, 9.17) is 0 Å². The van der Waals surface area contributed by atoms with Gasteiger partial charge in [-0.3, -0.25) is 4.98 Å². The third kappa shape index (κ3) is 1.46. The van der Waals surface area contributed by atoms with Gasteiger partial charge in [-0.15, -0.1) is 10.5 Å². The quantitative estimate of drug-likeness (QED) is 0.697. The second kappa shape index (κ2) is 3.58. The first-order chi connectivity index (χ1) is 7.93. The average molecular weight is 211 g/mol. The van der Waals surface area contributed by atoms with Gasteiger partial charge in [0.1, 0.15) is 6.34 Å². The van der Waals surface area contributed by atoms with Crippen molar-refractivity contribution in [2.75, 3.05) is 0 Å². The van der Waals surface area contributed by atoms with Gasteiger partial charge in [0.05, 0.1) is 6.20 Å². The molecule has 0 unspecified atom stereocenters. The van der Waals surface area contributed by atoms with Crippen LogP contribution in [-0.2, 0) is 0 Å². The van der Waals surface area contributed by atoms with Gasteiger partial charge < -0.3 is 0 Å². The number of aliphatic imine (C=N–C) groups is 1. The summed E-state index contributed by atoms with van der Waals surface area (Å²) in [6, 6.07) is 3.85. The highest BCUT2D eigenvalue weighted by atomic mass is 15.5. The minimum absolute atomic E-state index is 0.468. The van der Waals surface area contributed by atoms with Crippen molar-refractivity contribution in [2.45, 2.75) is 0 Å². The minimum Gasteiger partial charge on any atom is -0.264 e. The van der Waals surface area contributed by atoms with Crippen LogP contribution in [0.15, 0.2) is 47.0 Å². The van der Waals surface area contributed by atoms with Crippen LogP contribution in [0.5, 0.6) is 0 Å². The van der Waals surface area contributed by atoms with Crippen molar-refractivity contribution in [3.63, 3.8) is 0 Å². The van der Waals surface area contributed by atoms with E-state index in [-0.39, 0.29) is 0 Å². The van der Waals surface area contributed by atoms with Crippen LogP contribution in [0.2, 0.25) is 0 Å². The van der Waals surface area contributed by atoms with Crippen molar-refractivity contribution >= 4 is 12.3 Å². The molecule has 77 valence electrons. The zero-order valence-corrected chi connectivity index (χ0v) is 8.22. The molecule has 3 rings (SSSR count). The molecule has 6 heteroatoms. The van der Waals surface area contributed by atoms with Gasteiger partial charge in [-0.25, -0.2) is 4.68 Å². The Balaban J connectivity index is 1.97. The molecule has 0 saturated carbocycles. The summed E-state index contributed by atoms with van der Waals surface area (Å²) in [4.78, 5) is 8.01. The molecule has 0 bridgehead atoms. The molecule has 16 heavy (non-hydrogen) atoms.